The van der Waals surface area contributed by atoms with Crippen LogP contribution in [0.4, 0.5) is 0 Å². The summed E-state index contributed by atoms with van der Waals surface area (Å²) < 4.78 is 1.14. The van der Waals surface area contributed by atoms with Crippen LogP contribution in [0.5, 0.6) is 0 Å². The van der Waals surface area contributed by atoms with E-state index in [1.807, 2.05) is 0 Å². The molecule has 0 aliphatic rings. The molecule has 0 amide bonds. The molecule has 0 radical (unpaired) electrons. The Hall–Kier alpha value is 0.400. The second kappa shape index (κ2) is 4.31. The summed E-state index contributed by atoms with van der Waals surface area (Å²) in [6.07, 6.45) is 2.08. The molecule has 1 aromatic carbocycles. The highest BCUT2D eigenvalue weighted by Gasteiger charge is 1.90. The number of benzene rings is 1. The van der Waals surface area contributed by atoms with E-state index in [1.54, 1.807) is 21.6 Å². The van der Waals surface area contributed by atoms with E-state index >= 15 is 0 Å². The topological polar surface area (TPSA) is 0 Å². The van der Waals surface area contributed by atoms with Crippen LogP contribution in [-0.2, 0) is 0 Å². The number of halogens is 1. The maximum Gasteiger partial charge on any atom is 0.0183 e. The Balaban J connectivity index is 2.69. The molecule has 3 heteroatoms. The maximum absolute atomic E-state index is 3.38. The highest BCUT2D eigenvalue weighted by atomic mass is 79.9. The minimum Gasteiger partial charge on any atom is -0.0924 e. The summed E-state index contributed by atoms with van der Waals surface area (Å²) in [6, 6.07) is 8.31. The molecule has 54 valence electrons. The van der Waals surface area contributed by atoms with Gasteiger partial charge in [-0.1, -0.05) is 37.5 Å². The fourth-order valence-electron chi connectivity index (χ4n) is 0.586. The van der Waals surface area contributed by atoms with Gasteiger partial charge in [0, 0.05) is 9.37 Å². The largest absolute Gasteiger partial charge is 0.0924 e. The lowest BCUT2D eigenvalue weighted by atomic mass is 10.4. The van der Waals surface area contributed by atoms with Gasteiger partial charge in [-0.05, 0) is 30.5 Å². The first kappa shape index (κ1) is 8.50. The van der Waals surface area contributed by atoms with E-state index in [4.69, 9.17) is 0 Å². The van der Waals surface area contributed by atoms with Gasteiger partial charge in [0.25, 0.3) is 0 Å². The summed E-state index contributed by atoms with van der Waals surface area (Å²) in [4.78, 5) is 1.30. The fraction of sp³-hybridized carbons (Fsp3) is 0.143. The zero-order valence-electron chi connectivity index (χ0n) is 5.50. The van der Waals surface area contributed by atoms with Crippen LogP contribution in [-0.4, -0.2) is 6.26 Å². The van der Waals surface area contributed by atoms with Gasteiger partial charge in [0.15, 0.2) is 0 Å². The van der Waals surface area contributed by atoms with Crippen molar-refractivity contribution in [1.29, 1.82) is 0 Å². The average Bonchev–Trinajstić information content (AvgIpc) is 1.95. The minimum atomic E-state index is 1.14. The molecule has 0 bridgehead atoms. The van der Waals surface area contributed by atoms with Gasteiger partial charge in [-0.25, -0.2) is 0 Å². The summed E-state index contributed by atoms with van der Waals surface area (Å²) in [5.41, 5.74) is 0. The Morgan fingerprint density at radius 2 is 1.80 bits per heavy atom. The first-order chi connectivity index (χ1) is 4.83. The van der Waals surface area contributed by atoms with Gasteiger partial charge in [-0.2, -0.15) is 0 Å². The monoisotopic (exact) mass is 234 g/mol. The molecule has 10 heavy (non-hydrogen) atoms. The van der Waals surface area contributed by atoms with Gasteiger partial charge in [0.05, 0.1) is 0 Å². The molecule has 0 N–H and O–H groups in total. The van der Waals surface area contributed by atoms with E-state index in [1.165, 1.54) is 4.90 Å². The third-order valence-electron chi connectivity index (χ3n) is 0.993. The lowest BCUT2D eigenvalue weighted by Crippen LogP contribution is -1.65. The molecule has 0 aromatic heterocycles. The third-order valence-corrected chi connectivity index (χ3v) is 3.23. The van der Waals surface area contributed by atoms with Crippen molar-refractivity contribution in [3.05, 3.63) is 28.7 Å². The molecule has 0 atom stereocenters. The smallest absolute Gasteiger partial charge is 0.0183 e. The van der Waals surface area contributed by atoms with Crippen molar-refractivity contribution in [1.82, 2.24) is 0 Å². The highest BCUT2D eigenvalue weighted by Crippen LogP contribution is 2.28. The van der Waals surface area contributed by atoms with Crippen LogP contribution in [0, 0.1) is 0 Å². The molecule has 0 saturated heterocycles. The van der Waals surface area contributed by atoms with Crippen molar-refractivity contribution >= 4 is 37.5 Å². The van der Waals surface area contributed by atoms with E-state index in [-0.39, 0.29) is 0 Å². The van der Waals surface area contributed by atoms with Crippen LogP contribution in [0.1, 0.15) is 0 Å². The molecule has 0 aliphatic heterocycles. The molecule has 0 unspecified atom stereocenters. The Kier molecular flexibility index (Phi) is 3.66. The van der Waals surface area contributed by atoms with Crippen LogP contribution in [0.2, 0.25) is 0 Å². The van der Waals surface area contributed by atoms with Crippen LogP contribution in [0.15, 0.2) is 33.6 Å². The van der Waals surface area contributed by atoms with E-state index in [9.17, 15) is 0 Å². The molecule has 1 rings (SSSR count). The average molecular weight is 235 g/mol. The van der Waals surface area contributed by atoms with Crippen molar-refractivity contribution in [2.24, 2.45) is 0 Å². The molecule has 0 saturated carbocycles. The van der Waals surface area contributed by atoms with Gasteiger partial charge in [-0.15, -0.1) is 0 Å². The summed E-state index contributed by atoms with van der Waals surface area (Å²) in [5.74, 6) is 0. The molecular formula is C7H7BrS2. The van der Waals surface area contributed by atoms with Crippen LogP contribution in [0.25, 0.3) is 0 Å². The van der Waals surface area contributed by atoms with Crippen LogP contribution >= 0.6 is 37.5 Å². The Morgan fingerprint density at radius 3 is 2.30 bits per heavy atom. The Morgan fingerprint density at radius 1 is 1.20 bits per heavy atom. The molecule has 0 spiro atoms. The van der Waals surface area contributed by atoms with E-state index in [2.05, 4.69) is 46.5 Å². The second-order valence-electron chi connectivity index (χ2n) is 1.70. The SMILES string of the molecule is CSSc1ccc(Br)cc1. The molecule has 0 nitrogen and oxygen atoms in total. The molecule has 0 aliphatic carbocycles. The Labute approximate surface area is 77.3 Å². The van der Waals surface area contributed by atoms with Crippen molar-refractivity contribution < 1.29 is 0 Å². The quantitative estimate of drug-likeness (QED) is 0.714. The first-order valence-electron chi connectivity index (χ1n) is 2.79. The van der Waals surface area contributed by atoms with E-state index in [0.29, 0.717) is 0 Å². The third kappa shape index (κ3) is 2.56. The molecular weight excluding hydrogens is 228 g/mol. The predicted molar refractivity (Wildman–Crippen MR) is 53.5 cm³/mol. The number of hydrogen-bond acceptors (Lipinski definition) is 2. The van der Waals surface area contributed by atoms with Gasteiger partial charge < -0.3 is 0 Å². The zero-order valence-corrected chi connectivity index (χ0v) is 8.72. The molecule has 0 fully saturated rings. The lowest BCUT2D eigenvalue weighted by molar-refractivity contribution is 1.45. The second-order valence-corrected chi connectivity index (χ2v) is 5.09. The number of rotatable bonds is 2. The first-order valence-corrected chi connectivity index (χ1v) is 6.14. The van der Waals surface area contributed by atoms with Crippen molar-refractivity contribution in [3.8, 4) is 0 Å². The van der Waals surface area contributed by atoms with Crippen LogP contribution in [0.3, 0.4) is 0 Å². The fourth-order valence-corrected chi connectivity index (χ4v) is 2.20. The highest BCUT2D eigenvalue weighted by molar-refractivity contribution is 9.10. The zero-order chi connectivity index (χ0) is 7.40. The van der Waals surface area contributed by atoms with Crippen molar-refractivity contribution in [3.63, 3.8) is 0 Å². The summed E-state index contributed by atoms with van der Waals surface area (Å²) >= 11 is 3.38. The molecule has 1 aromatic rings. The lowest BCUT2D eigenvalue weighted by Gasteiger charge is -1.95. The van der Waals surface area contributed by atoms with Gasteiger partial charge in [-0.3, -0.25) is 0 Å². The van der Waals surface area contributed by atoms with Crippen LogP contribution < -0.4 is 0 Å². The maximum atomic E-state index is 3.38. The standard InChI is InChI=1S/C7H7BrS2/c1-9-10-7-4-2-6(8)3-5-7/h2-5H,1H3. The summed E-state index contributed by atoms with van der Waals surface area (Å²) in [7, 11) is 3.54. The van der Waals surface area contributed by atoms with Crippen molar-refractivity contribution in [2.45, 2.75) is 4.90 Å². The van der Waals surface area contributed by atoms with E-state index < -0.39 is 0 Å². The molecule has 0 heterocycles. The normalized spacial score (nSPS) is 9.80. The van der Waals surface area contributed by atoms with Gasteiger partial charge in [0.2, 0.25) is 0 Å². The predicted octanol–water partition coefficient (Wildman–Crippen LogP) is 3.82. The van der Waals surface area contributed by atoms with Gasteiger partial charge in [0.1, 0.15) is 0 Å². The van der Waals surface area contributed by atoms with E-state index in [0.717, 1.165) is 4.47 Å². The van der Waals surface area contributed by atoms with Gasteiger partial charge >= 0.3 is 0 Å². The Bertz CT molecular complexity index is 195. The summed E-state index contributed by atoms with van der Waals surface area (Å²) in [6.45, 7) is 0. The minimum absolute atomic E-state index is 1.14. The van der Waals surface area contributed by atoms with Crippen molar-refractivity contribution in [2.75, 3.05) is 6.26 Å². The number of hydrogen-bond donors (Lipinski definition) is 0. The summed E-state index contributed by atoms with van der Waals surface area (Å²) in [5, 5.41) is 0.